The Bertz CT molecular complexity index is 123. The average molecular weight is 167 g/mol. The standard InChI is InChI=1S/C6H14N2O.ClH/c1-6(2,9-4)5(7)8-3;/h1-4H3,(H2,7,8);1H. The number of aliphatic imine (C=N–C) groups is 1. The van der Waals surface area contributed by atoms with Crippen LogP contribution in [0.1, 0.15) is 13.8 Å². The van der Waals surface area contributed by atoms with E-state index in [1.807, 2.05) is 13.8 Å². The first-order chi connectivity index (χ1) is 4.04. The molecule has 0 aliphatic carbocycles. The maximum atomic E-state index is 5.49. The molecule has 10 heavy (non-hydrogen) atoms. The highest BCUT2D eigenvalue weighted by atomic mass is 35.5. The van der Waals surface area contributed by atoms with Gasteiger partial charge in [-0.2, -0.15) is 0 Å². The maximum Gasteiger partial charge on any atom is 0.125 e. The number of nitrogens with zero attached hydrogens (tertiary/aromatic N) is 1. The van der Waals surface area contributed by atoms with Gasteiger partial charge in [0.2, 0.25) is 0 Å². The Morgan fingerprint density at radius 2 is 1.90 bits per heavy atom. The number of hydrogen-bond acceptors (Lipinski definition) is 2. The van der Waals surface area contributed by atoms with Crippen molar-refractivity contribution >= 4 is 18.2 Å². The van der Waals surface area contributed by atoms with Gasteiger partial charge in [-0.25, -0.2) is 0 Å². The molecule has 0 heterocycles. The fourth-order valence-electron chi connectivity index (χ4n) is 0.374. The van der Waals surface area contributed by atoms with Crippen LogP contribution in [0.3, 0.4) is 0 Å². The van der Waals surface area contributed by atoms with Gasteiger partial charge in [0.1, 0.15) is 11.4 Å². The molecule has 62 valence electrons. The predicted octanol–water partition coefficient (Wildman–Crippen LogP) is 0.820. The second-order valence-corrected chi connectivity index (χ2v) is 2.32. The largest absolute Gasteiger partial charge is 0.385 e. The van der Waals surface area contributed by atoms with Gasteiger partial charge in [0.05, 0.1) is 0 Å². The zero-order valence-corrected chi connectivity index (χ0v) is 7.66. The van der Waals surface area contributed by atoms with Gasteiger partial charge in [-0.05, 0) is 13.8 Å². The molecule has 0 amide bonds. The third kappa shape index (κ3) is 3.03. The van der Waals surface area contributed by atoms with E-state index in [0.717, 1.165) is 0 Å². The number of hydrogen-bond donors (Lipinski definition) is 1. The molecule has 0 unspecified atom stereocenters. The molecule has 0 spiro atoms. The van der Waals surface area contributed by atoms with Gasteiger partial charge in [0.25, 0.3) is 0 Å². The predicted molar refractivity (Wildman–Crippen MR) is 45.9 cm³/mol. The third-order valence-electron chi connectivity index (χ3n) is 1.37. The van der Waals surface area contributed by atoms with Gasteiger partial charge in [0.15, 0.2) is 0 Å². The van der Waals surface area contributed by atoms with E-state index >= 15 is 0 Å². The number of ether oxygens (including phenoxy) is 1. The van der Waals surface area contributed by atoms with Gasteiger partial charge in [-0.3, -0.25) is 4.99 Å². The van der Waals surface area contributed by atoms with E-state index in [4.69, 9.17) is 10.5 Å². The van der Waals surface area contributed by atoms with Crippen molar-refractivity contribution in [2.45, 2.75) is 19.4 Å². The van der Waals surface area contributed by atoms with Crippen LogP contribution in [0.2, 0.25) is 0 Å². The minimum absolute atomic E-state index is 0. The van der Waals surface area contributed by atoms with Crippen LogP contribution in [0.5, 0.6) is 0 Å². The van der Waals surface area contributed by atoms with Crippen LogP contribution < -0.4 is 5.73 Å². The van der Waals surface area contributed by atoms with Crippen LogP contribution in [-0.4, -0.2) is 25.6 Å². The fourth-order valence-corrected chi connectivity index (χ4v) is 0.374. The van der Waals surface area contributed by atoms with Crippen molar-refractivity contribution in [1.82, 2.24) is 0 Å². The number of halogens is 1. The van der Waals surface area contributed by atoms with Crippen molar-refractivity contribution in [3.05, 3.63) is 0 Å². The van der Waals surface area contributed by atoms with Crippen LogP contribution in [-0.2, 0) is 4.74 Å². The second-order valence-electron chi connectivity index (χ2n) is 2.32. The first-order valence-electron chi connectivity index (χ1n) is 2.82. The molecule has 0 atom stereocenters. The van der Waals surface area contributed by atoms with Gasteiger partial charge in [-0.1, -0.05) is 0 Å². The van der Waals surface area contributed by atoms with Crippen molar-refractivity contribution in [3.63, 3.8) is 0 Å². The maximum absolute atomic E-state index is 5.49. The summed E-state index contributed by atoms with van der Waals surface area (Å²) in [5, 5.41) is 0. The van der Waals surface area contributed by atoms with Crippen molar-refractivity contribution in [3.8, 4) is 0 Å². The lowest BCUT2D eigenvalue weighted by Crippen LogP contribution is -2.39. The molecule has 0 saturated carbocycles. The molecule has 0 fully saturated rings. The number of amidine groups is 1. The van der Waals surface area contributed by atoms with E-state index in [0.29, 0.717) is 5.84 Å². The summed E-state index contributed by atoms with van der Waals surface area (Å²) in [5.41, 5.74) is 5.06. The molecular weight excluding hydrogens is 152 g/mol. The Morgan fingerprint density at radius 3 is 2.00 bits per heavy atom. The Morgan fingerprint density at radius 1 is 1.50 bits per heavy atom. The highest BCUT2D eigenvalue weighted by molar-refractivity contribution is 5.88. The normalized spacial score (nSPS) is 12.6. The third-order valence-corrected chi connectivity index (χ3v) is 1.37. The van der Waals surface area contributed by atoms with Crippen molar-refractivity contribution < 1.29 is 4.74 Å². The zero-order chi connectivity index (χ0) is 7.49. The summed E-state index contributed by atoms with van der Waals surface area (Å²) < 4.78 is 5.03. The van der Waals surface area contributed by atoms with Crippen LogP contribution in [0.25, 0.3) is 0 Å². The van der Waals surface area contributed by atoms with E-state index < -0.39 is 5.60 Å². The number of methoxy groups -OCH3 is 1. The Balaban J connectivity index is 0. The molecule has 4 heteroatoms. The molecule has 0 aliphatic heterocycles. The van der Waals surface area contributed by atoms with E-state index in [9.17, 15) is 0 Å². The smallest absolute Gasteiger partial charge is 0.125 e. The molecular formula is C6H15ClN2O. The Labute approximate surface area is 68.1 Å². The van der Waals surface area contributed by atoms with Crippen molar-refractivity contribution in [2.75, 3.05) is 14.2 Å². The minimum atomic E-state index is -0.422. The van der Waals surface area contributed by atoms with Crippen molar-refractivity contribution in [2.24, 2.45) is 10.7 Å². The molecule has 0 aromatic heterocycles. The van der Waals surface area contributed by atoms with Crippen LogP contribution >= 0.6 is 12.4 Å². The molecule has 0 bridgehead atoms. The molecule has 2 N–H and O–H groups in total. The van der Waals surface area contributed by atoms with Crippen molar-refractivity contribution in [1.29, 1.82) is 0 Å². The Kier molecular flexibility index (Phi) is 5.61. The minimum Gasteiger partial charge on any atom is -0.385 e. The van der Waals surface area contributed by atoms with E-state index in [1.165, 1.54) is 0 Å². The Hall–Kier alpha value is -0.280. The van der Waals surface area contributed by atoms with E-state index in [1.54, 1.807) is 14.2 Å². The molecule has 3 nitrogen and oxygen atoms in total. The molecule has 0 aromatic rings. The average Bonchev–Trinajstić information content (AvgIpc) is 1.86. The first-order valence-corrected chi connectivity index (χ1v) is 2.82. The van der Waals surface area contributed by atoms with Gasteiger partial charge < -0.3 is 10.5 Å². The summed E-state index contributed by atoms with van der Waals surface area (Å²) in [6.07, 6.45) is 0. The zero-order valence-electron chi connectivity index (χ0n) is 6.84. The summed E-state index contributed by atoms with van der Waals surface area (Å²) in [5.74, 6) is 0.519. The highest BCUT2D eigenvalue weighted by Crippen LogP contribution is 2.05. The lowest BCUT2D eigenvalue weighted by Gasteiger charge is -2.21. The summed E-state index contributed by atoms with van der Waals surface area (Å²) in [4.78, 5) is 3.80. The van der Waals surface area contributed by atoms with Gasteiger partial charge in [-0.15, -0.1) is 12.4 Å². The van der Waals surface area contributed by atoms with Gasteiger partial charge >= 0.3 is 0 Å². The van der Waals surface area contributed by atoms with Crippen LogP contribution in [0.4, 0.5) is 0 Å². The lowest BCUT2D eigenvalue weighted by atomic mass is 10.1. The van der Waals surface area contributed by atoms with E-state index in [2.05, 4.69) is 4.99 Å². The summed E-state index contributed by atoms with van der Waals surface area (Å²) in [6, 6.07) is 0. The monoisotopic (exact) mass is 166 g/mol. The summed E-state index contributed by atoms with van der Waals surface area (Å²) in [7, 11) is 3.26. The van der Waals surface area contributed by atoms with Crippen LogP contribution in [0, 0.1) is 0 Å². The molecule has 0 aliphatic rings. The van der Waals surface area contributed by atoms with Crippen LogP contribution in [0.15, 0.2) is 4.99 Å². The van der Waals surface area contributed by atoms with E-state index in [-0.39, 0.29) is 12.4 Å². The fraction of sp³-hybridized carbons (Fsp3) is 0.833. The molecule has 0 saturated heterocycles. The first kappa shape index (κ1) is 12.4. The summed E-state index contributed by atoms with van der Waals surface area (Å²) >= 11 is 0. The number of rotatable bonds is 2. The molecule has 0 aromatic carbocycles. The topological polar surface area (TPSA) is 47.6 Å². The highest BCUT2D eigenvalue weighted by Gasteiger charge is 2.20. The second kappa shape index (κ2) is 4.52. The quantitative estimate of drug-likeness (QED) is 0.488. The molecule has 0 radical (unpaired) electrons. The number of nitrogens with two attached hydrogens (primary N) is 1. The SMILES string of the molecule is CN=C(N)C(C)(C)OC.Cl. The lowest BCUT2D eigenvalue weighted by molar-refractivity contribution is 0.0817. The summed E-state index contributed by atoms with van der Waals surface area (Å²) in [6.45, 7) is 3.74. The van der Waals surface area contributed by atoms with Gasteiger partial charge in [0, 0.05) is 14.2 Å². The molecule has 0 rings (SSSR count).